The van der Waals surface area contributed by atoms with Gasteiger partial charge in [0, 0.05) is 24.3 Å². The van der Waals surface area contributed by atoms with Crippen molar-refractivity contribution in [3.63, 3.8) is 0 Å². The number of aliphatic carboxylic acids is 1. The van der Waals surface area contributed by atoms with Gasteiger partial charge in [0.1, 0.15) is 6.10 Å². The highest BCUT2D eigenvalue weighted by Gasteiger charge is 2.48. The molecule has 2 rings (SSSR count). The van der Waals surface area contributed by atoms with Crippen LogP contribution < -0.4 is 0 Å². The van der Waals surface area contributed by atoms with Crippen LogP contribution in [0.4, 0.5) is 0 Å². The van der Waals surface area contributed by atoms with E-state index in [1.807, 2.05) is 6.92 Å². The second-order valence-electron chi connectivity index (χ2n) is 10.2. The number of carboxylic acids is 1. The van der Waals surface area contributed by atoms with Crippen molar-refractivity contribution >= 4 is 11.9 Å². The van der Waals surface area contributed by atoms with Crippen LogP contribution >= 0.6 is 0 Å². The van der Waals surface area contributed by atoms with Crippen LogP contribution in [0.1, 0.15) is 78.6 Å². The molecule has 0 aromatic rings. The molecule has 37 heavy (non-hydrogen) atoms. The first kappa shape index (κ1) is 35.4. The predicted molar refractivity (Wildman–Crippen MR) is 136 cm³/mol. The van der Waals surface area contributed by atoms with Crippen LogP contribution in [-0.2, 0) is 23.8 Å². The van der Waals surface area contributed by atoms with E-state index in [-0.39, 0.29) is 41.4 Å². The van der Waals surface area contributed by atoms with Gasteiger partial charge < -0.3 is 45.6 Å². The summed E-state index contributed by atoms with van der Waals surface area (Å²) in [5, 5.41) is 39.5. The van der Waals surface area contributed by atoms with Gasteiger partial charge in [0.15, 0.2) is 0 Å². The van der Waals surface area contributed by atoms with E-state index in [9.17, 15) is 24.9 Å². The summed E-state index contributed by atoms with van der Waals surface area (Å²) in [5.74, 6) is -1.42. The number of hydrogen-bond acceptors (Lipinski definition) is 8. The lowest BCUT2D eigenvalue weighted by molar-refractivity contribution is -0.165. The number of carboxylic acid groups (broad SMARTS) is 1. The van der Waals surface area contributed by atoms with Crippen LogP contribution in [0.3, 0.4) is 0 Å². The summed E-state index contributed by atoms with van der Waals surface area (Å²) >= 11 is 0. The molecule has 0 amide bonds. The fraction of sp³-hybridized carbons (Fsp3) is 0.846. The zero-order valence-corrected chi connectivity index (χ0v) is 22.3. The smallest absolute Gasteiger partial charge is 0.330 e. The maximum atomic E-state index is 12.1. The Morgan fingerprint density at radius 1 is 1.00 bits per heavy atom. The second-order valence-corrected chi connectivity index (χ2v) is 10.2. The molecule has 0 bridgehead atoms. The Balaban J connectivity index is 0.00000648. The molecule has 2 saturated heterocycles. The molecule has 2 heterocycles. The fourth-order valence-electron chi connectivity index (χ4n) is 4.59. The Morgan fingerprint density at radius 2 is 1.62 bits per heavy atom. The lowest BCUT2D eigenvalue weighted by atomic mass is 9.85. The highest BCUT2D eigenvalue weighted by Crippen LogP contribution is 2.38. The molecular weight excluding hydrogens is 488 g/mol. The Bertz CT molecular complexity index is 696. The number of aliphatic hydroxyl groups is 3. The lowest BCUT2D eigenvalue weighted by Gasteiger charge is -2.38. The van der Waals surface area contributed by atoms with E-state index in [4.69, 9.17) is 19.3 Å². The summed E-state index contributed by atoms with van der Waals surface area (Å²) in [6.45, 7) is 6.07. The Kier molecular flexibility index (Phi) is 17.1. The standard InChI is InChI=1S/C26H44O9.2H2O/c1-16(13-23(30)33-11-9-7-5-4-6-8-10-22(28)29)12-20-25(32)24(31)19(15-34-20)14-21-26(35-21)17(2)18(3)27;;/h13,17-21,24-27,31-32H,4-12,14-15H2,1-3H3,(H,28,29);2*1H2/b16-13+;;/t17-,18-,19-,20-,21-,24+,25-,26-;;/m0../s1. The van der Waals surface area contributed by atoms with Crippen LogP contribution in [0.15, 0.2) is 11.6 Å². The zero-order chi connectivity index (χ0) is 26.0. The molecule has 0 radical (unpaired) electrons. The Hall–Kier alpha value is -1.60. The molecule has 2 aliphatic heterocycles. The van der Waals surface area contributed by atoms with Crippen LogP contribution in [0.2, 0.25) is 0 Å². The van der Waals surface area contributed by atoms with E-state index < -0.39 is 36.4 Å². The van der Waals surface area contributed by atoms with E-state index in [0.29, 0.717) is 38.0 Å². The first-order valence-electron chi connectivity index (χ1n) is 13.0. The molecular formula is C26H48O11. The van der Waals surface area contributed by atoms with Gasteiger partial charge in [0.2, 0.25) is 0 Å². The number of aliphatic hydroxyl groups excluding tert-OH is 3. The van der Waals surface area contributed by atoms with Crippen LogP contribution in [0.25, 0.3) is 0 Å². The number of carbonyl (C=O) groups is 2. The summed E-state index contributed by atoms with van der Waals surface area (Å²) in [6, 6.07) is 0. The van der Waals surface area contributed by atoms with E-state index >= 15 is 0 Å². The van der Waals surface area contributed by atoms with Gasteiger partial charge in [0.25, 0.3) is 0 Å². The Morgan fingerprint density at radius 3 is 2.24 bits per heavy atom. The molecule has 0 unspecified atom stereocenters. The molecule has 0 saturated carbocycles. The second kappa shape index (κ2) is 17.8. The van der Waals surface area contributed by atoms with Gasteiger partial charge >= 0.3 is 11.9 Å². The minimum Gasteiger partial charge on any atom is -0.481 e. The predicted octanol–water partition coefficient (Wildman–Crippen LogP) is 0.943. The van der Waals surface area contributed by atoms with Crippen molar-refractivity contribution in [3.8, 4) is 0 Å². The highest BCUT2D eigenvalue weighted by molar-refractivity contribution is 5.82. The third-order valence-corrected chi connectivity index (χ3v) is 7.09. The average molecular weight is 537 g/mol. The number of rotatable bonds is 16. The third kappa shape index (κ3) is 12.7. The maximum Gasteiger partial charge on any atom is 0.330 e. The van der Waals surface area contributed by atoms with Crippen molar-refractivity contribution in [2.75, 3.05) is 13.2 Å². The first-order chi connectivity index (χ1) is 16.6. The molecule has 0 spiro atoms. The van der Waals surface area contributed by atoms with Gasteiger partial charge in [-0.05, 0) is 39.5 Å². The molecule has 2 fully saturated rings. The summed E-state index contributed by atoms with van der Waals surface area (Å²) < 4.78 is 16.7. The van der Waals surface area contributed by atoms with Crippen molar-refractivity contribution in [2.45, 2.75) is 115 Å². The monoisotopic (exact) mass is 536 g/mol. The molecule has 0 aromatic heterocycles. The summed E-state index contributed by atoms with van der Waals surface area (Å²) in [7, 11) is 0. The molecule has 11 nitrogen and oxygen atoms in total. The number of hydrogen-bond donors (Lipinski definition) is 4. The number of ether oxygens (including phenoxy) is 3. The van der Waals surface area contributed by atoms with Crippen molar-refractivity contribution in [1.29, 1.82) is 0 Å². The fourth-order valence-corrected chi connectivity index (χ4v) is 4.59. The van der Waals surface area contributed by atoms with Gasteiger partial charge in [-0.3, -0.25) is 4.79 Å². The molecule has 8 atom stereocenters. The van der Waals surface area contributed by atoms with Crippen molar-refractivity contribution in [2.24, 2.45) is 11.8 Å². The quantitative estimate of drug-likeness (QED) is 0.0955. The van der Waals surface area contributed by atoms with E-state index in [1.54, 1.807) is 13.8 Å². The number of epoxide rings is 1. The van der Waals surface area contributed by atoms with Crippen LogP contribution in [0.5, 0.6) is 0 Å². The van der Waals surface area contributed by atoms with Gasteiger partial charge in [0.05, 0.1) is 43.7 Å². The minimum atomic E-state index is -1.06. The van der Waals surface area contributed by atoms with Crippen LogP contribution in [-0.4, -0.2) is 93.2 Å². The highest BCUT2D eigenvalue weighted by atomic mass is 16.6. The molecule has 0 aromatic carbocycles. The topological polar surface area (TPSA) is 209 Å². The van der Waals surface area contributed by atoms with Crippen LogP contribution in [0, 0.1) is 11.8 Å². The normalized spacial score (nSPS) is 28.9. The molecule has 2 aliphatic rings. The van der Waals surface area contributed by atoms with Crippen molar-refractivity contribution < 1.29 is 55.2 Å². The largest absolute Gasteiger partial charge is 0.481 e. The molecule has 218 valence electrons. The maximum absolute atomic E-state index is 12.1. The van der Waals surface area contributed by atoms with Crippen molar-refractivity contribution in [1.82, 2.24) is 0 Å². The van der Waals surface area contributed by atoms with E-state index in [0.717, 1.165) is 32.1 Å². The summed E-state index contributed by atoms with van der Waals surface area (Å²) in [5.41, 5.74) is 0.708. The van der Waals surface area contributed by atoms with E-state index in [2.05, 4.69) is 0 Å². The number of carbonyl (C=O) groups excluding carboxylic acids is 1. The van der Waals surface area contributed by atoms with Gasteiger partial charge in [-0.15, -0.1) is 0 Å². The lowest BCUT2D eigenvalue weighted by Crippen LogP contribution is -2.50. The zero-order valence-electron chi connectivity index (χ0n) is 22.3. The van der Waals surface area contributed by atoms with Gasteiger partial charge in [-0.1, -0.05) is 38.2 Å². The third-order valence-electron chi connectivity index (χ3n) is 7.09. The molecule has 8 N–H and O–H groups in total. The number of unbranched alkanes of at least 4 members (excludes halogenated alkanes) is 5. The molecule has 11 heteroatoms. The van der Waals surface area contributed by atoms with Gasteiger partial charge in [-0.2, -0.15) is 0 Å². The van der Waals surface area contributed by atoms with Gasteiger partial charge in [-0.25, -0.2) is 4.79 Å². The van der Waals surface area contributed by atoms with Crippen molar-refractivity contribution in [3.05, 3.63) is 11.6 Å². The number of esters is 1. The molecule has 0 aliphatic carbocycles. The summed E-state index contributed by atoms with van der Waals surface area (Å²) in [6.07, 6.45) is 4.61. The minimum absolute atomic E-state index is 0. The van der Waals surface area contributed by atoms with E-state index in [1.165, 1.54) is 6.08 Å². The first-order valence-corrected chi connectivity index (χ1v) is 13.0. The average Bonchev–Trinajstić information content (AvgIpc) is 3.55. The Labute approximate surface area is 219 Å². The SMILES string of the molecule is C/C(=C\C(=O)OCCCCCCCCC(=O)O)C[C@@H]1OC[C@H](C[C@@H]2O[C@H]2[C@@H](C)[C@H](C)O)[C@@H](O)[C@H]1O.O.O. The summed E-state index contributed by atoms with van der Waals surface area (Å²) in [4.78, 5) is 22.5.